The van der Waals surface area contributed by atoms with Crippen molar-refractivity contribution in [2.75, 3.05) is 7.05 Å². The molecule has 0 radical (unpaired) electrons. The molecule has 0 spiro atoms. The molecule has 1 heterocycles. The SMILES string of the molecule is CN(Cc1cccnc1)Cc1ccccc1C(=O)NN. The number of nitrogens with one attached hydrogen (secondary N) is 1. The van der Waals surface area contributed by atoms with Crippen LogP contribution in [0.15, 0.2) is 48.8 Å². The molecule has 0 saturated carbocycles. The lowest BCUT2D eigenvalue weighted by molar-refractivity contribution is 0.0952. The van der Waals surface area contributed by atoms with Crippen LogP contribution in [0.3, 0.4) is 0 Å². The van der Waals surface area contributed by atoms with E-state index in [0.717, 1.165) is 17.7 Å². The second-order valence-corrected chi connectivity index (χ2v) is 4.66. The molecule has 5 nitrogen and oxygen atoms in total. The summed E-state index contributed by atoms with van der Waals surface area (Å²) >= 11 is 0. The van der Waals surface area contributed by atoms with Crippen LogP contribution >= 0.6 is 0 Å². The maximum Gasteiger partial charge on any atom is 0.265 e. The Morgan fingerprint density at radius 3 is 2.75 bits per heavy atom. The Hall–Kier alpha value is -2.24. The third-order valence-corrected chi connectivity index (χ3v) is 3.01. The standard InChI is InChI=1S/C15H18N4O/c1-19(10-12-5-4-8-17-9-12)11-13-6-2-3-7-14(13)15(20)18-16/h2-9H,10-11,16H2,1H3,(H,18,20). The van der Waals surface area contributed by atoms with Gasteiger partial charge >= 0.3 is 0 Å². The molecule has 20 heavy (non-hydrogen) atoms. The lowest BCUT2D eigenvalue weighted by atomic mass is 10.1. The van der Waals surface area contributed by atoms with E-state index in [0.29, 0.717) is 12.1 Å². The monoisotopic (exact) mass is 270 g/mol. The Morgan fingerprint density at radius 2 is 2.05 bits per heavy atom. The quantitative estimate of drug-likeness (QED) is 0.488. The van der Waals surface area contributed by atoms with Crippen molar-refractivity contribution in [3.63, 3.8) is 0 Å². The van der Waals surface area contributed by atoms with Gasteiger partial charge in [0.1, 0.15) is 0 Å². The van der Waals surface area contributed by atoms with E-state index >= 15 is 0 Å². The average Bonchev–Trinajstić information content (AvgIpc) is 2.48. The molecule has 2 aromatic rings. The predicted molar refractivity (Wildman–Crippen MR) is 77.5 cm³/mol. The largest absolute Gasteiger partial charge is 0.298 e. The number of amides is 1. The summed E-state index contributed by atoms with van der Waals surface area (Å²) in [4.78, 5) is 17.9. The highest BCUT2D eigenvalue weighted by molar-refractivity contribution is 5.95. The fraction of sp³-hybridized carbons (Fsp3) is 0.200. The Labute approximate surface area is 118 Å². The fourth-order valence-corrected chi connectivity index (χ4v) is 2.11. The van der Waals surface area contributed by atoms with Crippen LogP contribution in [0.25, 0.3) is 0 Å². The zero-order valence-corrected chi connectivity index (χ0v) is 11.4. The number of hydrogen-bond donors (Lipinski definition) is 2. The highest BCUT2D eigenvalue weighted by atomic mass is 16.2. The molecule has 2 rings (SSSR count). The maximum absolute atomic E-state index is 11.7. The third-order valence-electron chi connectivity index (χ3n) is 3.01. The van der Waals surface area contributed by atoms with E-state index in [2.05, 4.69) is 15.3 Å². The number of nitrogen functional groups attached to an aromatic ring is 1. The lowest BCUT2D eigenvalue weighted by Gasteiger charge is -2.18. The third kappa shape index (κ3) is 3.63. The van der Waals surface area contributed by atoms with Crippen molar-refractivity contribution in [2.24, 2.45) is 5.84 Å². The molecule has 0 bridgehead atoms. The van der Waals surface area contributed by atoms with Gasteiger partial charge in [-0.2, -0.15) is 0 Å². The zero-order valence-electron chi connectivity index (χ0n) is 11.4. The van der Waals surface area contributed by atoms with Crippen LogP contribution < -0.4 is 11.3 Å². The molecule has 1 amide bonds. The van der Waals surface area contributed by atoms with Gasteiger partial charge in [0.2, 0.25) is 0 Å². The first-order chi connectivity index (χ1) is 9.70. The molecular weight excluding hydrogens is 252 g/mol. The van der Waals surface area contributed by atoms with Gasteiger partial charge in [0, 0.05) is 31.0 Å². The van der Waals surface area contributed by atoms with Gasteiger partial charge in [0.25, 0.3) is 5.91 Å². The Kier molecular flexibility index (Phi) is 4.81. The van der Waals surface area contributed by atoms with Crippen LogP contribution in [0.4, 0.5) is 0 Å². The number of nitrogens with two attached hydrogens (primary N) is 1. The summed E-state index contributed by atoms with van der Waals surface area (Å²) in [5.74, 6) is 4.94. The molecule has 1 aromatic heterocycles. The van der Waals surface area contributed by atoms with Gasteiger partial charge in [0.05, 0.1) is 0 Å². The number of carbonyl (C=O) groups excluding carboxylic acids is 1. The summed E-state index contributed by atoms with van der Waals surface area (Å²) < 4.78 is 0. The van der Waals surface area contributed by atoms with Crippen molar-refractivity contribution in [1.82, 2.24) is 15.3 Å². The van der Waals surface area contributed by atoms with Crippen molar-refractivity contribution in [3.05, 3.63) is 65.5 Å². The number of carbonyl (C=O) groups is 1. The topological polar surface area (TPSA) is 71.2 Å². The smallest absolute Gasteiger partial charge is 0.265 e. The number of hydrazine groups is 1. The lowest BCUT2D eigenvalue weighted by Crippen LogP contribution is -2.31. The zero-order chi connectivity index (χ0) is 14.4. The molecule has 0 aliphatic rings. The Balaban J connectivity index is 2.08. The summed E-state index contributed by atoms with van der Waals surface area (Å²) in [5, 5.41) is 0. The van der Waals surface area contributed by atoms with E-state index < -0.39 is 0 Å². The van der Waals surface area contributed by atoms with Gasteiger partial charge in [-0.05, 0) is 30.3 Å². The van der Waals surface area contributed by atoms with Gasteiger partial charge in [-0.1, -0.05) is 24.3 Å². The summed E-state index contributed by atoms with van der Waals surface area (Å²) in [7, 11) is 2.00. The highest BCUT2D eigenvalue weighted by Gasteiger charge is 2.11. The number of benzene rings is 1. The Bertz CT molecular complexity index is 571. The van der Waals surface area contributed by atoms with Gasteiger partial charge in [-0.15, -0.1) is 0 Å². The molecule has 0 unspecified atom stereocenters. The van der Waals surface area contributed by atoms with Crippen LogP contribution in [0, 0.1) is 0 Å². The Morgan fingerprint density at radius 1 is 1.25 bits per heavy atom. The van der Waals surface area contributed by atoms with Crippen molar-refractivity contribution < 1.29 is 4.79 Å². The van der Waals surface area contributed by atoms with Crippen LogP contribution in [-0.2, 0) is 13.1 Å². The van der Waals surface area contributed by atoms with Gasteiger partial charge in [0.15, 0.2) is 0 Å². The number of nitrogens with zero attached hydrogens (tertiary/aromatic N) is 2. The van der Waals surface area contributed by atoms with E-state index in [-0.39, 0.29) is 5.91 Å². The molecule has 0 fully saturated rings. The molecule has 0 aliphatic heterocycles. The molecule has 104 valence electrons. The van der Waals surface area contributed by atoms with Crippen LogP contribution in [0.5, 0.6) is 0 Å². The van der Waals surface area contributed by atoms with E-state index in [9.17, 15) is 4.79 Å². The molecular formula is C15H18N4O. The van der Waals surface area contributed by atoms with E-state index in [1.54, 1.807) is 12.3 Å². The molecule has 0 atom stereocenters. The highest BCUT2D eigenvalue weighted by Crippen LogP contribution is 2.12. The molecule has 0 aliphatic carbocycles. The summed E-state index contributed by atoms with van der Waals surface area (Å²) in [6.07, 6.45) is 3.60. The number of rotatable bonds is 5. The minimum absolute atomic E-state index is 0.268. The van der Waals surface area contributed by atoms with Gasteiger partial charge < -0.3 is 0 Å². The van der Waals surface area contributed by atoms with Crippen molar-refractivity contribution in [2.45, 2.75) is 13.1 Å². The number of pyridine rings is 1. The minimum Gasteiger partial charge on any atom is -0.298 e. The van der Waals surface area contributed by atoms with Crippen molar-refractivity contribution in [3.8, 4) is 0 Å². The summed E-state index contributed by atoms with van der Waals surface area (Å²) in [6, 6.07) is 11.4. The van der Waals surface area contributed by atoms with Crippen LogP contribution in [0.1, 0.15) is 21.5 Å². The maximum atomic E-state index is 11.7. The second kappa shape index (κ2) is 6.79. The van der Waals surface area contributed by atoms with Gasteiger partial charge in [-0.3, -0.25) is 20.1 Å². The first kappa shape index (κ1) is 14.2. The normalized spacial score (nSPS) is 10.6. The number of hydrogen-bond acceptors (Lipinski definition) is 4. The van der Waals surface area contributed by atoms with Crippen molar-refractivity contribution in [1.29, 1.82) is 0 Å². The van der Waals surface area contributed by atoms with Crippen LogP contribution in [-0.4, -0.2) is 22.8 Å². The second-order valence-electron chi connectivity index (χ2n) is 4.66. The van der Waals surface area contributed by atoms with E-state index in [4.69, 9.17) is 5.84 Å². The average molecular weight is 270 g/mol. The summed E-state index contributed by atoms with van der Waals surface area (Å²) in [5.41, 5.74) is 4.86. The molecule has 0 saturated heterocycles. The van der Waals surface area contributed by atoms with E-state index in [1.165, 1.54) is 0 Å². The van der Waals surface area contributed by atoms with E-state index in [1.807, 2.05) is 43.6 Å². The molecule has 3 N–H and O–H groups in total. The number of aromatic nitrogens is 1. The minimum atomic E-state index is -0.268. The first-order valence-electron chi connectivity index (χ1n) is 6.37. The van der Waals surface area contributed by atoms with Gasteiger partial charge in [-0.25, -0.2) is 5.84 Å². The first-order valence-corrected chi connectivity index (χ1v) is 6.37. The molecule has 1 aromatic carbocycles. The molecule has 5 heteroatoms. The fourth-order valence-electron chi connectivity index (χ4n) is 2.11. The van der Waals surface area contributed by atoms with Crippen molar-refractivity contribution >= 4 is 5.91 Å². The van der Waals surface area contributed by atoms with Crippen LogP contribution in [0.2, 0.25) is 0 Å². The summed E-state index contributed by atoms with van der Waals surface area (Å²) in [6.45, 7) is 1.44. The predicted octanol–water partition coefficient (Wildman–Crippen LogP) is 1.32.